The fourth-order valence-corrected chi connectivity index (χ4v) is 1.73. The van der Waals surface area contributed by atoms with E-state index in [2.05, 4.69) is 4.98 Å². The second kappa shape index (κ2) is 5.48. The van der Waals surface area contributed by atoms with Crippen LogP contribution in [0.25, 0.3) is 0 Å². The summed E-state index contributed by atoms with van der Waals surface area (Å²) in [4.78, 5) is 15.9. The molecule has 0 spiro atoms. The maximum Gasteiger partial charge on any atom is 0.133 e. The summed E-state index contributed by atoms with van der Waals surface area (Å²) in [6.07, 6.45) is 7.76. The first-order chi connectivity index (χ1) is 8.25. The average molecular weight is 232 g/mol. The first kappa shape index (κ1) is 11.6. The third-order valence-electron chi connectivity index (χ3n) is 2.78. The second-order valence-corrected chi connectivity index (χ2v) is 4.07. The van der Waals surface area contributed by atoms with Crippen LogP contribution >= 0.6 is 0 Å². The molecule has 0 aliphatic carbocycles. The van der Waals surface area contributed by atoms with Gasteiger partial charge in [0.15, 0.2) is 0 Å². The maximum atomic E-state index is 11.7. The van der Waals surface area contributed by atoms with Gasteiger partial charge in [-0.05, 0) is 12.1 Å². The molecule has 0 saturated carbocycles. The minimum absolute atomic E-state index is 0.254. The summed E-state index contributed by atoms with van der Waals surface area (Å²) in [7, 11) is 1.94. The van der Waals surface area contributed by atoms with Crippen molar-refractivity contribution in [3.63, 3.8) is 0 Å². The molecule has 4 heteroatoms. The normalized spacial score (nSPS) is 10.6. The van der Waals surface area contributed by atoms with Gasteiger partial charge in [-0.2, -0.15) is 0 Å². The molecule has 0 amide bonds. The first-order valence-corrected chi connectivity index (χ1v) is 5.76. The molecule has 0 aromatic carbocycles. The Morgan fingerprint density at radius 3 is 2.88 bits per heavy atom. The minimum Gasteiger partial charge on any atom is -0.469 e. The van der Waals surface area contributed by atoms with Gasteiger partial charge in [0.1, 0.15) is 17.4 Å². The van der Waals surface area contributed by atoms with E-state index in [1.54, 1.807) is 12.5 Å². The van der Waals surface area contributed by atoms with Crippen LogP contribution in [0.5, 0.6) is 0 Å². The Hall–Kier alpha value is -1.84. The average Bonchev–Trinajstić information content (AvgIpc) is 2.95. The summed E-state index contributed by atoms with van der Waals surface area (Å²) >= 11 is 0. The molecule has 2 aromatic rings. The lowest BCUT2D eigenvalue weighted by Crippen LogP contribution is -2.05. The fraction of sp³-hybridized carbons (Fsp3) is 0.385. The van der Waals surface area contributed by atoms with E-state index in [-0.39, 0.29) is 5.78 Å². The summed E-state index contributed by atoms with van der Waals surface area (Å²) in [5.74, 6) is 2.08. The van der Waals surface area contributed by atoms with Gasteiger partial charge < -0.3 is 8.98 Å². The van der Waals surface area contributed by atoms with Crippen LogP contribution in [-0.2, 0) is 24.7 Å². The highest BCUT2D eigenvalue weighted by molar-refractivity contribution is 5.78. The number of imidazole rings is 1. The molecule has 2 rings (SSSR count). The number of carbonyl (C=O) groups is 1. The molecule has 2 aromatic heterocycles. The molecule has 0 unspecified atom stereocenters. The second-order valence-electron chi connectivity index (χ2n) is 4.07. The van der Waals surface area contributed by atoms with Gasteiger partial charge in [0.2, 0.25) is 0 Å². The van der Waals surface area contributed by atoms with Crippen molar-refractivity contribution in [2.45, 2.75) is 25.7 Å². The van der Waals surface area contributed by atoms with E-state index in [9.17, 15) is 4.79 Å². The first-order valence-electron chi connectivity index (χ1n) is 5.76. The highest BCUT2D eigenvalue weighted by atomic mass is 16.3. The van der Waals surface area contributed by atoms with Crippen molar-refractivity contribution in [3.8, 4) is 0 Å². The zero-order valence-electron chi connectivity index (χ0n) is 9.93. The van der Waals surface area contributed by atoms with Crippen molar-refractivity contribution in [2.75, 3.05) is 0 Å². The number of aryl methyl sites for hydroxylation is 3. The number of ketones is 1. The van der Waals surface area contributed by atoms with Crippen molar-refractivity contribution >= 4 is 5.78 Å². The molecule has 0 N–H and O–H groups in total. The summed E-state index contributed by atoms with van der Waals surface area (Å²) in [5, 5.41) is 0. The Morgan fingerprint density at radius 1 is 1.41 bits per heavy atom. The smallest absolute Gasteiger partial charge is 0.133 e. The largest absolute Gasteiger partial charge is 0.469 e. The van der Waals surface area contributed by atoms with Crippen LogP contribution in [0.4, 0.5) is 0 Å². The quantitative estimate of drug-likeness (QED) is 0.766. The van der Waals surface area contributed by atoms with E-state index in [4.69, 9.17) is 4.42 Å². The Balaban J connectivity index is 1.73. The molecule has 2 heterocycles. The zero-order valence-corrected chi connectivity index (χ0v) is 9.93. The number of furan rings is 1. The van der Waals surface area contributed by atoms with E-state index >= 15 is 0 Å². The van der Waals surface area contributed by atoms with Gasteiger partial charge >= 0.3 is 0 Å². The molecule has 0 atom stereocenters. The molecule has 0 saturated heterocycles. The summed E-state index contributed by atoms with van der Waals surface area (Å²) in [6.45, 7) is 0. The molecule has 4 nitrogen and oxygen atoms in total. The zero-order chi connectivity index (χ0) is 12.1. The van der Waals surface area contributed by atoms with Crippen molar-refractivity contribution < 1.29 is 9.21 Å². The summed E-state index contributed by atoms with van der Waals surface area (Å²) < 4.78 is 7.13. The molecule has 0 fully saturated rings. The Labute approximate surface area is 100 Å². The van der Waals surface area contributed by atoms with Crippen LogP contribution in [0.3, 0.4) is 0 Å². The van der Waals surface area contributed by atoms with Crippen molar-refractivity contribution in [3.05, 3.63) is 42.4 Å². The molecule has 17 heavy (non-hydrogen) atoms. The van der Waals surface area contributed by atoms with E-state index in [1.807, 2.05) is 29.9 Å². The number of hydrogen-bond acceptors (Lipinski definition) is 3. The topological polar surface area (TPSA) is 48.0 Å². The van der Waals surface area contributed by atoms with Crippen LogP contribution in [-0.4, -0.2) is 15.3 Å². The van der Waals surface area contributed by atoms with E-state index in [0.29, 0.717) is 25.7 Å². The van der Waals surface area contributed by atoms with E-state index < -0.39 is 0 Å². The van der Waals surface area contributed by atoms with Gasteiger partial charge in [0.05, 0.1) is 6.26 Å². The van der Waals surface area contributed by atoms with Gasteiger partial charge in [-0.15, -0.1) is 0 Å². The Morgan fingerprint density at radius 2 is 2.24 bits per heavy atom. The number of nitrogens with zero attached hydrogens (tertiary/aromatic N) is 2. The van der Waals surface area contributed by atoms with E-state index in [0.717, 1.165) is 11.6 Å². The van der Waals surface area contributed by atoms with Crippen LogP contribution in [0.15, 0.2) is 35.2 Å². The SMILES string of the molecule is Cn1ccnc1CCC(=O)CCc1ccco1. The third kappa shape index (κ3) is 3.31. The number of Topliss-reactive ketones (excluding diaryl/α,β-unsaturated/α-hetero) is 1. The molecule has 90 valence electrons. The van der Waals surface area contributed by atoms with Crippen LogP contribution < -0.4 is 0 Å². The lowest BCUT2D eigenvalue weighted by Gasteiger charge is -2.01. The monoisotopic (exact) mass is 232 g/mol. The third-order valence-corrected chi connectivity index (χ3v) is 2.78. The van der Waals surface area contributed by atoms with Crippen LogP contribution in [0.1, 0.15) is 24.4 Å². The number of rotatable bonds is 6. The van der Waals surface area contributed by atoms with Crippen LogP contribution in [0, 0.1) is 0 Å². The summed E-state index contributed by atoms with van der Waals surface area (Å²) in [5.41, 5.74) is 0. The van der Waals surface area contributed by atoms with Crippen LogP contribution in [0.2, 0.25) is 0 Å². The molecule has 0 aliphatic heterocycles. The van der Waals surface area contributed by atoms with Gasteiger partial charge in [-0.3, -0.25) is 4.79 Å². The van der Waals surface area contributed by atoms with Crippen molar-refractivity contribution in [1.29, 1.82) is 0 Å². The summed E-state index contributed by atoms with van der Waals surface area (Å²) in [6, 6.07) is 3.74. The van der Waals surface area contributed by atoms with Crippen molar-refractivity contribution in [1.82, 2.24) is 9.55 Å². The fourth-order valence-electron chi connectivity index (χ4n) is 1.73. The predicted octanol–water partition coefficient (Wildman–Crippen LogP) is 2.15. The maximum absolute atomic E-state index is 11.7. The number of carbonyl (C=O) groups excluding carboxylic acids is 1. The van der Waals surface area contributed by atoms with E-state index in [1.165, 1.54) is 0 Å². The van der Waals surface area contributed by atoms with Crippen molar-refractivity contribution in [2.24, 2.45) is 7.05 Å². The molecular formula is C13H16N2O2. The van der Waals surface area contributed by atoms with Gasteiger partial charge in [-0.25, -0.2) is 4.98 Å². The predicted molar refractivity (Wildman–Crippen MR) is 63.6 cm³/mol. The molecular weight excluding hydrogens is 216 g/mol. The standard InChI is InChI=1S/C13H16N2O2/c1-15-9-8-14-13(15)7-5-11(16)4-6-12-3-2-10-17-12/h2-3,8-10H,4-7H2,1H3. The van der Waals surface area contributed by atoms with Gasteiger partial charge in [-0.1, -0.05) is 0 Å². The molecule has 0 radical (unpaired) electrons. The Kier molecular flexibility index (Phi) is 3.75. The van der Waals surface area contributed by atoms with Gasteiger partial charge in [0.25, 0.3) is 0 Å². The molecule has 0 aliphatic rings. The van der Waals surface area contributed by atoms with Gasteiger partial charge in [0, 0.05) is 45.1 Å². The highest BCUT2D eigenvalue weighted by Crippen LogP contribution is 2.07. The number of hydrogen-bond donors (Lipinski definition) is 0. The highest BCUT2D eigenvalue weighted by Gasteiger charge is 2.06. The lowest BCUT2D eigenvalue weighted by atomic mass is 10.1. The lowest BCUT2D eigenvalue weighted by molar-refractivity contribution is -0.119. The molecule has 0 bridgehead atoms. The number of aromatic nitrogens is 2. The minimum atomic E-state index is 0.254. The Bertz CT molecular complexity index is 471.